The SMILES string of the molecule is CNC(=O)c1c(NC(=O)c2nc(C(C)(C)O)ncc2Br)cnn1C. The van der Waals surface area contributed by atoms with Crippen LogP contribution in [0, 0.1) is 0 Å². The number of carbonyl (C=O) groups is 2. The molecule has 2 aromatic rings. The van der Waals surface area contributed by atoms with Gasteiger partial charge in [0.2, 0.25) is 0 Å². The Balaban J connectivity index is 2.36. The van der Waals surface area contributed by atoms with Crippen LogP contribution in [0.1, 0.15) is 40.6 Å². The predicted octanol–water partition coefficient (Wildman–Crippen LogP) is 0.812. The summed E-state index contributed by atoms with van der Waals surface area (Å²) in [5.74, 6) is -0.842. The van der Waals surface area contributed by atoms with Crippen LogP contribution in [-0.4, -0.2) is 43.7 Å². The highest BCUT2D eigenvalue weighted by atomic mass is 79.9. The van der Waals surface area contributed by atoms with Gasteiger partial charge in [-0.2, -0.15) is 5.10 Å². The molecule has 0 bridgehead atoms. The topological polar surface area (TPSA) is 122 Å². The van der Waals surface area contributed by atoms with Gasteiger partial charge in [0.1, 0.15) is 17.0 Å². The van der Waals surface area contributed by atoms with Crippen LogP contribution in [0.3, 0.4) is 0 Å². The van der Waals surface area contributed by atoms with E-state index in [0.29, 0.717) is 4.47 Å². The minimum Gasteiger partial charge on any atom is -0.382 e. The standard InChI is InChI=1S/C14H17BrN6O3/c1-14(2,24)13-17-5-7(15)9(20-13)11(22)19-8-6-18-21(4)10(8)12(23)16-3/h5-6,24H,1-4H3,(H,16,23)(H,19,22). The van der Waals surface area contributed by atoms with Crippen molar-refractivity contribution in [3.63, 3.8) is 0 Å². The largest absolute Gasteiger partial charge is 0.382 e. The first-order valence-corrected chi connectivity index (χ1v) is 7.75. The molecule has 0 atom stereocenters. The van der Waals surface area contributed by atoms with E-state index in [0.717, 1.165) is 0 Å². The summed E-state index contributed by atoms with van der Waals surface area (Å²) in [5.41, 5.74) is -0.804. The Labute approximate surface area is 146 Å². The van der Waals surface area contributed by atoms with Gasteiger partial charge < -0.3 is 15.7 Å². The number of nitrogens with zero attached hydrogens (tertiary/aromatic N) is 4. The maximum atomic E-state index is 12.5. The second-order valence-corrected chi connectivity index (χ2v) is 6.37. The molecule has 0 unspecified atom stereocenters. The summed E-state index contributed by atoms with van der Waals surface area (Å²) in [6.07, 6.45) is 2.76. The minimum atomic E-state index is -1.29. The monoisotopic (exact) mass is 396 g/mol. The molecule has 2 amide bonds. The number of nitrogens with one attached hydrogen (secondary N) is 2. The Morgan fingerprint density at radius 3 is 2.54 bits per heavy atom. The van der Waals surface area contributed by atoms with Gasteiger partial charge in [-0.1, -0.05) is 0 Å². The van der Waals surface area contributed by atoms with Crippen LogP contribution in [-0.2, 0) is 12.6 Å². The molecule has 3 N–H and O–H groups in total. The third kappa shape index (κ3) is 3.60. The molecule has 2 aromatic heterocycles. The van der Waals surface area contributed by atoms with Crippen molar-refractivity contribution in [2.45, 2.75) is 19.4 Å². The summed E-state index contributed by atoms with van der Waals surface area (Å²) in [4.78, 5) is 32.5. The number of hydrogen-bond donors (Lipinski definition) is 3. The Morgan fingerprint density at radius 1 is 1.29 bits per heavy atom. The predicted molar refractivity (Wildman–Crippen MR) is 89.5 cm³/mol. The lowest BCUT2D eigenvalue weighted by Gasteiger charge is -2.16. The molecule has 10 heteroatoms. The van der Waals surface area contributed by atoms with Crippen molar-refractivity contribution in [1.29, 1.82) is 0 Å². The molecule has 0 saturated heterocycles. The third-order valence-electron chi connectivity index (χ3n) is 3.14. The minimum absolute atomic E-state index is 0.0360. The number of rotatable bonds is 4. The maximum Gasteiger partial charge on any atom is 0.275 e. The van der Waals surface area contributed by atoms with Gasteiger partial charge in [-0.25, -0.2) is 9.97 Å². The fourth-order valence-electron chi connectivity index (χ4n) is 1.92. The smallest absolute Gasteiger partial charge is 0.275 e. The molecular formula is C14H17BrN6O3. The molecule has 0 spiro atoms. The van der Waals surface area contributed by atoms with Gasteiger partial charge in [-0.3, -0.25) is 14.3 Å². The highest BCUT2D eigenvalue weighted by Gasteiger charge is 2.24. The Hall–Kier alpha value is -2.33. The zero-order valence-electron chi connectivity index (χ0n) is 13.6. The molecule has 0 aliphatic rings. The maximum absolute atomic E-state index is 12.5. The number of amides is 2. The average Bonchev–Trinajstić information content (AvgIpc) is 2.86. The zero-order valence-corrected chi connectivity index (χ0v) is 15.2. The molecule has 0 radical (unpaired) electrons. The van der Waals surface area contributed by atoms with Crippen LogP contribution in [0.15, 0.2) is 16.9 Å². The average molecular weight is 397 g/mol. The van der Waals surface area contributed by atoms with Gasteiger partial charge in [-0.05, 0) is 29.8 Å². The van der Waals surface area contributed by atoms with Crippen LogP contribution in [0.25, 0.3) is 0 Å². The fraction of sp³-hybridized carbons (Fsp3) is 0.357. The molecule has 0 saturated carbocycles. The molecule has 2 rings (SSSR count). The molecular weight excluding hydrogens is 380 g/mol. The van der Waals surface area contributed by atoms with Gasteiger partial charge in [0, 0.05) is 20.3 Å². The number of aromatic nitrogens is 4. The molecule has 0 aliphatic carbocycles. The van der Waals surface area contributed by atoms with E-state index in [1.807, 2.05) is 0 Å². The van der Waals surface area contributed by atoms with Crippen molar-refractivity contribution in [3.05, 3.63) is 34.1 Å². The Bertz CT molecular complexity index is 796. The number of halogens is 1. The van der Waals surface area contributed by atoms with E-state index >= 15 is 0 Å². The number of anilines is 1. The van der Waals surface area contributed by atoms with Crippen molar-refractivity contribution in [3.8, 4) is 0 Å². The van der Waals surface area contributed by atoms with E-state index in [4.69, 9.17) is 0 Å². The lowest BCUT2D eigenvalue weighted by molar-refractivity contribution is 0.0682. The van der Waals surface area contributed by atoms with Crippen LogP contribution in [0.2, 0.25) is 0 Å². The Morgan fingerprint density at radius 2 is 1.96 bits per heavy atom. The Kier molecular flexibility index (Phi) is 4.99. The van der Waals surface area contributed by atoms with Gasteiger partial charge in [0.15, 0.2) is 5.82 Å². The second-order valence-electron chi connectivity index (χ2n) is 5.51. The van der Waals surface area contributed by atoms with E-state index in [9.17, 15) is 14.7 Å². The fourth-order valence-corrected chi connectivity index (χ4v) is 2.29. The lowest BCUT2D eigenvalue weighted by Crippen LogP contribution is -2.25. The van der Waals surface area contributed by atoms with Crippen LogP contribution in [0.5, 0.6) is 0 Å². The zero-order chi connectivity index (χ0) is 18.1. The van der Waals surface area contributed by atoms with Crippen molar-refractivity contribution in [2.24, 2.45) is 7.05 Å². The first kappa shape index (κ1) is 18.0. The van der Waals surface area contributed by atoms with Gasteiger partial charge in [0.05, 0.1) is 16.4 Å². The van der Waals surface area contributed by atoms with Crippen molar-refractivity contribution in [1.82, 2.24) is 25.1 Å². The van der Waals surface area contributed by atoms with E-state index in [1.165, 1.54) is 38.0 Å². The summed E-state index contributed by atoms with van der Waals surface area (Å²) < 4.78 is 1.71. The van der Waals surface area contributed by atoms with Crippen LogP contribution >= 0.6 is 15.9 Å². The van der Waals surface area contributed by atoms with Gasteiger partial charge in [0.25, 0.3) is 11.8 Å². The van der Waals surface area contributed by atoms with Crippen molar-refractivity contribution in [2.75, 3.05) is 12.4 Å². The molecule has 0 fully saturated rings. The first-order chi connectivity index (χ1) is 11.1. The molecule has 24 heavy (non-hydrogen) atoms. The third-order valence-corrected chi connectivity index (χ3v) is 3.72. The highest BCUT2D eigenvalue weighted by Crippen LogP contribution is 2.21. The molecule has 0 aromatic carbocycles. The summed E-state index contributed by atoms with van der Waals surface area (Å²) >= 11 is 3.21. The number of hydrogen-bond acceptors (Lipinski definition) is 6. The highest BCUT2D eigenvalue weighted by molar-refractivity contribution is 9.10. The normalized spacial score (nSPS) is 11.2. The number of carbonyl (C=O) groups excluding carboxylic acids is 2. The molecule has 128 valence electrons. The van der Waals surface area contributed by atoms with Crippen molar-refractivity contribution >= 4 is 33.4 Å². The van der Waals surface area contributed by atoms with E-state index in [2.05, 4.69) is 41.6 Å². The quantitative estimate of drug-likeness (QED) is 0.702. The molecule has 9 nitrogen and oxygen atoms in total. The summed E-state index contributed by atoms with van der Waals surface area (Å²) in [7, 11) is 3.07. The summed E-state index contributed by atoms with van der Waals surface area (Å²) in [6, 6.07) is 0. The van der Waals surface area contributed by atoms with E-state index in [-0.39, 0.29) is 28.8 Å². The van der Waals surface area contributed by atoms with Gasteiger partial charge >= 0.3 is 0 Å². The number of aliphatic hydroxyl groups is 1. The van der Waals surface area contributed by atoms with Gasteiger partial charge in [-0.15, -0.1) is 0 Å². The van der Waals surface area contributed by atoms with Crippen LogP contribution in [0.4, 0.5) is 5.69 Å². The number of aryl methyl sites for hydroxylation is 1. The van der Waals surface area contributed by atoms with Crippen LogP contribution < -0.4 is 10.6 Å². The van der Waals surface area contributed by atoms with E-state index in [1.54, 1.807) is 7.05 Å². The summed E-state index contributed by atoms with van der Waals surface area (Å²) in [6.45, 7) is 3.03. The first-order valence-electron chi connectivity index (χ1n) is 6.96. The lowest BCUT2D eigenvalue weighted by atomic mass is 10.1. The second kappa shape index (κ2) is 6.65. The molecule has 2 heterocycles. The molecule has 0 aliphatic heterocycles. The summed E-state index contributed by atoms with van der Waals surface area (Å²) in [5, 5.41) is 19.0. The van der Waals surface area contributed by atoms with E-state index < -0.39 is 11.5 Å². The van der Waals surface area contributed by atoms with Crippen molar-refractivity contribution < 1.29 is 14.7 Å².